The summed E-state index contributed by atoms with van der Waals surface area (Å²) in [4.78, 5) is 19.0. The average molecular weight is 615 g/mol. The smallest absolute Gasteiger partial charge is 0.253 e. The first kappa shape index (κ1) is 30.6. The molecular weight excluding hydrogens is 581 g/mol. The highest BCUT2D eigenvalue weighted by Crippen LogP contribution is 2.41. The number of nitrogens with zero attached hydrogens (tertiary/aromatic N) is 2. The predicted octanol–water partition coefficient (Wildman–Crippen LogP) is 7.78. The molecule has 0 aliphatic carbocycles. The van der Waals surface area contributed by atoms with Crippen LogP contribution in [0.5, 0.6) is 17.2 Å². The first-order valence-corrected chi connectivity index (χ1v) is 14.6. The molecule has 0 bridgehead atoms. The zero-order valence-electron chi connectivity index (χ0n) is 23.9. The van der Waals surface area contributed by atoms with Gasteiger partial charge in [0.05, 0.1) is 44.0 Å². The molecule has 0 saturated carbocycles. The molecule has 0 fully saturated rings. The topological polar surface area (TPSA) is 74.6 Å². The van der Waals surface area contributed by atoms with Gasteiger partial charge in [-0.1, -0.05) is 48.8 Å². The van der Waals surface area contributed by atoms with E-state index in [0.29, 0.717) is 45.0 Å². The molecule has 4 rings (SSSR count). The summed E-state index contributed by atoms with van der Waals surface area (Å²) in [5.41, 5.74) is 4.22. The summed E-state index contributed by atoms with van der Waals surface area (Å²) in [6, 6.07) is 12.9. The molecule has 0 unspecified atom stereocenters. The molecule has 41 heavy (non-hydrogen) atoms. The van der Waals surface area contributed by atoms with Crippen LogP contribution < -0.4 is 19.5 Å². The number of amides is 1. The Morgan fingerprint density at radius 2 is 1.59 bits per heavy atom. The van der Waals surface area contributed by atoms with Crippen LogP contribution >= 0.6 is 35.0 Å². The molecule has 2 aromatic carbocycles. The van der Waals surface area contributed by atoms with E-state index in [9.17, 15) is 4.79 Å². The fourth-order valence-electron chi connectivity index (χ4n) is 4.74. The second kappa shape index (κ2) is 13.6. The highest BCUT2D eigenvalue weighted by atomic mass is 35.5. The molecular formula is C31H33Cl2N3O4S. The fourth-order valence-corrected chi connectivity index (χ4v) is 6.75. The van der Waals surface area contributed by atoms with Crippen molar-refractivity contribution in [3.8, 4) is 17.2 Å². The number of benzene rings is 2. The van der Waals surface area contributed by atoms with Gasteiger partial charge < -0.3 is 24.1 Å². The van der Waals surface area contributed by atoms with Crippen molar-refractivity contribution < 1.29 is 19.0 Å². The summed E-state index contributed by atoms with van der Waals surface area (Å²) < 4.78 is 18.7. The monoisotopic (exact) mass is 613 g/mol. The van der Waals surface area contributed by atoms with Crippen LogP contribution in [0.4, 0.5) is 0 Å². The standard InChI is InChI=1S/C31H33Cl2N3O4S/c1-18(2)28-29(30(37)35-16-25-26(39-5)14-23(38-4)15-27(25)40-6)19(3)36(17-20-7-9-34-10-8-20)31(28)41-24-12-21(32)11-22(33)13-24/h7-15,18H,16-17H2,1-6H3,(H,35,37). The molecule has 0 spiro atoms. The summed E-state index contributed by atoms with van der Waals surface area (Å²) in [6.45, 7) is 6.93. The van der Waals surface area contributed by atoms with Crippen molar-refractivity contribution in [3.63, 3.8) is 0 Å². The van der Waals surface area contributed by atoms with Crippen molar-refractivity contribution in [2.75, 3.05) is 21.3 Å². The number of pyridine rings is 1. The number of halogens is 2. The molecule has 10 heteroatoms. The lowest BCUT2D eigenvalue weighted by Gasteiger charge is -2.16. The zero-order valence-corrected chi connectivity index (χ0v) is 26.2. The maximum Gasteiger partial charge on any atom is 0.253 e. The fraction of sp³-hybridized carbons (Fsp3) is 0.290. The van der Waals surface area contributed by atoms with Crippen molar-refractivity contribution in [1.82, 2.24) is 14.9 Å². The SMILES string of the molecule is COc1cc(OC)c(CNC(=O)c2c(C(C)C)c(Sc3cc(Cl)cc(Cl)c3)n(Cc3ccncc3)c2C)c(OC)c1. The quantitative estimate of drug-likeness (QED) is 0.186. The number of carbonyl (C=O) groups excluding carboxylic acids is 1. The summed E-state index contributed by atoms with van der Waals surface area (Å²) in [7, 11) is 4.73. The van der Waals surface area contributed by atoms with Gasteiger partial charge in [0.15, 0.2) is 0 Å². The predicted molar refractivity (Wildman–Crippen MR) is 164 cm³/mol. The van der Waals surface area contributed by atoms with Crippen molar-refractivity contribution in [1.29, 1.82) is 0 Å². The Morgan fingerprint density at radius 1 is 0.976 bits per heavy atom. The van der Waals surface area contributed by atoms with Crippen LogP contribution in [0.1, 0.15) is 52.5 Å². The summed E-state index contributed by atoms with van der Waals surface area (Å²) in [5.74, 6) is 1.59. The summed E-state index contributed by atoms with van der Waals surface area (Å²) in [6.07, 6.45) is 3.54. The van der Waals surface area contributed by atoms with E-state index in [-0.39, 0.29) is 18.4 Å². The molecule has 2 aromatic heterocycles. The van der Waals surface area contributed by atoms with Gasteiger partial charge in [-0.25, -0.2) is 0 Å². The van der Waals surface area contributed by atoms with E-state index < -0.39 is 0 Å². The van der Waals surface area contributed by atoms with Crippen LogP contribution in [0.3, 0.4) is 0 Å². The van der Waals surface area contributed by atoms with Crippen LogP contribution in [0.2, 0.25) is 10.0 Å². The molecule has 7 nitrogen and oxygen atoms in total. The third-order valence-electron chi connectivity index (χ3n) is 6.70. The van der Waals surface area contributed by atoms with Gasteiger partial charge in [-0.05, 0) is 54.3 Å². The van der Waals surface area contributed by atoms with Crippen LogP contribution in [-0.4, -0.2) is 36.8 Å². The van der Waals surface area contributed by atoms with Gasteiger partial charge in [-0.2, -0.15) is 0 Å². The highest BCUT2D eigenvalue weighted by molar-refractivity contribution is 7.99. The van der Waals surface area contributed by atoms with Crippen LogP contribution in [0.15, 0.2) is 64.8 Å². The minimum Gasteiger partial charge on any atom is -0.496 e. The number of aromatic nitrogens is 2. The second-order valence-electron chi connectivity index (χ2n) is 9.68. The summed E-state index contributed by atoms with van der Waals surface area (Å²) >= 11 is 14.2. The molecule has 0 radical (unpaired) electrons. The molecule has 0 atom stereocenters. The Bertz CT molecular complexity index is 1500. The van der Waals surface area contributed by atoms with E-state index in [2.05, 4.69) is 28.7 Å². The van der Waals surface area contributed by atoms with E-state index in [1.165, 1.54) is 0 Å². The molecule has 2 heterocycles. The van der Waals surface area contributed by atoms with Crippen molar-refractivity contribution in [2.45, 2.75) is 49.7 Å². The van der Waals surface area contributed by atoms with Crippen molar-refractivity contribution in [3.05, 3.63) is 92.9 Å². The third kappa shape index (κ3) is 6.94. The van der Waals surface area contributed by atoms with E-state index >= 15 is 0 Å². The van der Waals surface area contributed by atoms with Crippen molar-refractivity contribution >= 4 is 40.9 Å². The zero-order chi connectivity index (χ0) is 29.7. The molecule has 0 aliphatic rings. The minimum atomic E-state index is -0.189. The van der Waals surface area contributed by atoms with Gasteiger partial charge >= 0.3 is 0 Å². The van der Waals surface area contributed by atoms with E-state index in [1.54, 1.807) is 63.7 Å². The third-order valence-corrected chi connectivity index (χ3v) is 8.24. The summed E-state index contributed by atoms with van der Waals surface area (Å²) in [5, 5.41) is 5.17. The Labute approximate surface area is 255 Å². The van der Waals surface area contributed by atoms with Gasteiger partial charge in [0.2, 0.25) is 0 Å². The lowest BCUT2D eigenvalue weighted by atomic mass is 10.00. The number of rotatable bonds is 11. The van der Waals surface area contributed by atoms with E-state index in [0.717, 1.165) is 26.7 Å². The normalized spacial score (nSPS) is 11.0. The van der Waals surface area contributed by atoms with Gasteiger partial charge in [0.1, 0.15) is 17.2 Å². The lowest BCUT2D eigenvalue weighted by molar-refractivity contribution is 0.0948. The van der Waals surface area contributed by atoms with Crippen LogP contribution in [0.25, 0.3) is 0 Å². The number of ether oxygens (including phenoxy) is 3. The molecule has 0 saturated heterocycles. The Hall–Kier alpha value is -3.33. The van der Waals surface area contributed by atoms with Crippen molar-refractivity contribution in [2.24, 2.45) is 0 Å². The second-order valence-corrected chi connectivity index (χ2v) is 11.6. The number of carbonyl (C=O) groups is 1. The van der Waals surface area contributed by atoms with Gasteiger partial charge in [-0.3, -0.25) is 9.78 Å². The molecule has 216 valence electrons. The Kier molecular flexibility index (Phi) is 10.1. The first-order chi connectivity index (χ1) is 19.7. The molecule has 1 amide bonds. The van der Waals surface area contributed by atoms with Crippen LogP contribution in [-0.2, 0) is 13.1 Å². The first-order valence-electron chi connectivity index (χ1n) is 13.0. The van der Waals surface area contributed by atoms with E-state index in [1.807, 2.05) is 31.2 Å². The lowest BCUT2D eigenvalue weighted by Crippen LogP contribution is -2.25. The maximum atomic E-state index is 14.0. The Balaban J connectivity index is 1.78. The van der Waals surface area contributed by atoms with Gasteiger partial charge in [-0.15, -0.1) is 0 Å². The minimum absolute atomic E-state index is 0.0513. The number of hydrogen-bond donors (Lipinski definition) is 1. The van der Waals surface area contributed by atoms with Crippen LogP contribution in [0, 0.1) is 6.92 Å². The highest BCUT2D eigenvalue weighted by Gasteiger charge is 2.28. The average Bonchev–Trinajstić information content (AvgIpc) is 3.22. The van der Waals surface area contributed by atoms with Gasteiger partial charge in [0, 0.05) is 51.7 Å². The molecule has 0 aliphatic heterocycles. The largest absolute Gasteiger partial charge is 0.496 e. The number of hydrogen-bond acceptors (Lipinski definition) is 6. The van der Waals surface area contributed by atoms with E-state index in [4.69, 9.17) is 37.4 Å². The number of nitrogens with one attached hydrogen (secondary N) is 1. The molecule has 1 N–H and O–H groups in total. The number of methoxy groups -OCH3 is 3. The Morgan fingerprint density at radius 3 is 2.12 bits per heavy atom. The maximum absolute atomic E-state index is 14.0. The van der Waals surface area contributed by atoms with Gasteiger partial charge in [0.25, 0.3) is 5.91 Å². The molecule has 4 aromatic rings.